The Hall–Kier alpha value is -1.95. The first-order valence-electron chi connectivity index (χ1n) is 7.49. The van der Waals surface area contributed by atoms with Crippen LogP contribution in [0.3, 0.4) is 0 Å². The van der Waals surface area contributed by atoms with Gasteiger partial charge in [0, 0.05) is 6.42 Å². The second-order valence-corrected chi connectivity index (χ2v) is 6.20. The van der Waals surface area contributed by atoms with Crippen LogP contribution in [0.4, 0.5) is 5.13 Å². The van der Waals surface area contributed by atoms with Gasteiger partial charge in [-0.25, -0.2) is 0 Å². The number of hydrogen-bond acceptors (Lipinski definition) is 5. The number of benzene rings is 1. The molecule has 0 aliphatic carbocycles. The Bertz CT molecular complexity index is 596. The SMILES string of the molecule is CCCc1ccc(OCCCC(=O)Nc2nnc(C)s2)cc1. The Morgan fingerprint density at radius 3 is 2.68 bits per heavy atom. The molecule has 0 fully saturated rings. The molecule has 1 aromatic carbocycles. The van der Waals surface area contributed by atoms with Gasteiger partial charge in [0.2, 0.25) is 11.0 Å². The second kappa shape index (κ2) is 8.48. The molecule has 118 valence electrons. The fourth-order valence-electron chi connectivity index (χ4n) is 1.99. The number of aryl methyl sites for hydroxylation is 2. The lowest BCUT2D eigenvalue weighted by Gasteiger charge is -2.07. The fourth-order valence-corrected chi connectivity index (χ4v) is 2.60. The first kappa shape index (κ1) is 16.4. The number of hydrogen-bond donors (Lipinski definition) is 1. The summed E-state index contributed by atoms with van der Waals surface area (Å²) in [6, 6.07) is 8.14. The van der Waals surface area contributed by atoms with Crippen LogP contribution in [0.15, 0.2) is 24.3 Å². The highest BCUT2D eigenvalue weighted by Crippen LogP contribution is 2.15. The number of anilines is 1. The smallest absolute Gasteiger partial charge is 0.226 e. The number of nitrogens with one attached hydrogen (secondary N) is 1. The maximum atomic E-state index is 11.7. The maximum absolute atomic E-state index is 11.7. The summed E-state index contributed by atoms with van der Waals surface area (Å²) in [5.41, 5.74) is 1.32. The van der Waals surface area contributed by atoms with E-state index in [0.717, 1.165) is 23.6 Å². The number of carbonyl (C=O) groups is 1. The van der Waals surface area contributed by atoms with Gasteiger partial charge in [0.1, 0.15) is 10.8 Å². The van der Waals surface area contributed by atoms with E-state index in [-0.39, 0.29) is 5.91 Å². The third-order valence-electron chi connectivity index (χ3n) is 3.05. The molecule has 1 N–H and O–H groups in total. The van der Waals surface area contributed by atoms with Gasteiger partial charge >= 0.3 is 0 Å². The predicted molar refractivity (Wildman–Crippen MR) is 88.4 cm³/mol. The maximum Gasteiger partial charge on any atom is 0.226 e. The molecule has 5 nitrogen and oxygen atoms in total. The summed E-state index contributed by atoms with van der Waals surface area (Å²) in [7, 11) is 0. The first-order valence-corrected chi connectivity index (χ1v) is 8.30. The van der Waals surface area contributed by atoms with E-state index in [1.54, 1.807) is 0 Å². The molecule has 0 saturated carbocycles. The Labute approximate surface area is 134 Å². The Balaban J connectivity index is 1.65. The molecule has 1 amide bonds. The van der Waals surface area contributed by atoms with Crippen molar-refractivity contribution in [3.63, 3.8) is 0 Å². The van der Waals surface area contributed by atoms with Gasteiger partial charge in [-0.15, -0.1) is 10.2 Å². The molecular weight excluding hydrogens is 298 g/mol. The zero-order valence-corrected chi connectivity index (χ0v) is 13.8. The Morgan fingerprint density at radius 2 is 2.05 bits per heavy atom. The molecule has 6 heteroatoms. The van der Waals surface area contributed by atoms with Gasteiger partial charge in [-0.1, -0.05) is 36.8 Å². The molecule has 0 spiro atoms. The molecule has 2 rings (SSSR count). The van der Waals surface area contributed by atoms with Gasteiger partial charge in [-0.3, -0.25) is 4.79 Å². The van der Waals surface area contributed by atoms with E-state index in [1.165, 1.54) is 16.9 Å². The second-order valence-electron chi connectivity index (χ2n) is 5.02. The fraction of sp³-hybridized carbons (Fsp3) is 0.438. The minimum absolute atomic E-state index is 0.0574. The quantitative estimate of drug-likeness (QED) is 0.755. The third kappa shape index (κ3) is 5.44. The number of rotatable bonds is 8. The van der Waals surface area contributed by atoms with Crippen molar-refractivity contribution in [1.29, 1.82) is 0 Å². The van der Waals surface area contributed by atoms with E-state index >= 15 is 0 Å². The summed E-state index contributed by atoms with van der Waals surface area (Å²) in [4.78, 5) is 11.7. The van der Waals surface area contributed by atoms with Gasteiger partial charge < -0.3 is 10.1 Å². The average Bonchev–Trinajstić information content (AvgIpc) is 2.91. The molecule has 0 atom stereocenters. The molecule has 0 radical (unpaired) electrons. The van der Waals surface area contributed by atoms with E-state index in [0.29, 0.717) is 24.6 Å². The van der Waals surface area contributed by atoms with Crippen LogP contribution in [0.2, 0.25) is 0 Å². The number of carbonyl (C=O) groups excluding carboxylic acids is 1. The predicted octanol–water partition coefficient (Wildman–Crippen LogP) is 3.60. The minimum atomic E-state index is -0.0574. The van der Waals surface area contributed by atoms with Crippen molar-refractivity contribution in [1.82, 2.24) is 10.2 Å². The van der Waals surface area contributed by atoms with Crippen LogP contribution >= 0.6 is 11.3 Å². The zero-order valence-electron chi connectivity index (χ0n) is 13.0. The molecule has 0 bridgehead atoms. The van der Waals surface area contributed by atoms with Crippen molar-refractivity contribution in [2.24, 2.45) is 0 Å². The lowest BCUT2D eigenvalue weighted by Crippen LogP contribution is -2.12. The van der Waals surface area contributed by atoms with Crippen molar-refractivity contribution in [2.45, 2.75) is 39.5 Å². The van der Waals surface area contributed by atoms with Crippen LogP contribution in [-0.4, -0.2) is 22.7 Å². The lowest BCUT2D eigenvalue weighted by atomic mass is 10.1. The van der Waals surface area contributed by atoms with E-state index in [2.05, 4.69) is 34.6 Å². The summed E-state index contributed by atoms with van der Waals surface area (Å²) >= 11 is 1.37. The average molecular weight is 319 g/mol. The van der Waals surface area contributed by atoms with Crippen LogP contribution in [0.25, 0.3) is 0 Å². The number of amides is 1. The van der Waals surface area contributed by atoms with Gasteiger partial charge in [0.05, 0.1) is 6.61 Å². The van der Waals surface area contributed by atoms with E-state index in [4.69, 9.17) is 4.74 Å². The number of nitrogens with zero attached hydrogens (tertiary/aromatic N) is 2. The van der Waals surface area contributed by atoms with Crippen LogP contribution in [0, 0.1) is 6.92 Å². The number of ether oxygens (including phenoxy) is 1. The van der Waals surface area contributed by atoms with Crippen LogP contribution in [0.5, 0.6) is 5.75 Å². The Kier molecular flexibility index (Phi) is 6.33. The van der Waals surface area contributed by atoms with Gasteiger partial charge in [0.25, 0.3) is 0 Å². The van der Waals surface area contributed by atoms with Crippen molar-refractivity contribution in [3.05, 3.63) is 34.8 Å². The van der Waals surface area contributed by atoms with Crippen molar-refractivity contribution in [3.8, 4) is 5.75 Å². The van der Waals surface area contributed by atoms with Gasteiger partial charge in [-0.2, -0.15) is 0 Å². The topological polar surface area (TPSA) is 64.1 Å². The summed E-state index contributed by atoms with van der Waals surface area (Å²) in [5, 5.41) is 11.8. The van der Waals surface area contributed by atoms with Crippen LogP contribution in [0.1, 0.15) is 36.8 Å². The summed E-state index contributed by atoms with van der Waals surface area (Å²) in [6.45, 7) is 4.54. The van der Waals surface area contributed by atoms with E-state index in [1.807, 2.05) is 19.1 Å². The minimum Gasteiger partial charge on any atom is -0.494 e. The molecule has 0 aliphatic rings. The summed E-state index contributed by atoms with van der Waals surface area (Å²) in [5.74, 6) is 0.790. The molecule has 2 aromatic rings. The number of aromatic nitrogens is 2. The van der Waals surface area contributed by atoms with Crippen LogP contribution < -0.4 is 10.1 Å². The molecule has 1 aromatic heterocycles. The van der Waals surface area contributed by atoms with E-state index in [9.17, 15) is 4.79 Å². The molecular formula is C16H21N3O2S. The van der Waals surface area contributed by atoms with Gasteiger partial charge in [-0.05, 0) is 37.5 Å². The van der Waals surface area contributed by atoms with Gasteiger partial charge in [0.15, 0.2) is 0 Å². The largest absolute Gasteiger partial charge is 0.494 e. The molecule has 0 aliphatic heterocycles. The lowest BCUT2D eigenvalue weighted by molar-refractivity contribution is -0.116. The first-order chi connectivity index (χ1) is 10.7. The third-order valence-corrected chi connectivity index (χ3v) is 3.81. The molecule has 1 heterocycles. The molecule has 0 unspecified atom stereocenters. The summed E-state index contributed by atoms with van der Waals surface area (Å²) < 4.78 is 5.64. The van der Waals surface area contributed by atoms with Crippen LogP contribution in [-0.2, 0) is 11.2 Å². The standard InChI is InChI=1S/C16H21N3O2S/c1-3-5-13-7-9-14(10-8-13)21-11-4-6-15(20)17-16-19-18-12(2)22-16/h7-10H,3-6,11H2,1-2H3,(H,17,19,20). The van der Waals surface area contributed by atoms with Crippen molar-refractivity contribution < 1.29 is 9.53 Å². The van der Waals surface area contributed by atoms with E-state index < -0.39 is 0 Å². The highest BCUT2D eigenvalue weighted by atomic mass is 32.1. The highest BCUT2D eigenvalue weighted by molar-refractivity contribution is 7.15. The van der Waals surface area contributed by atoms with Crippen molar-refractivity contribution in [2.75, 3.05) is 11.9 Å². The monoisotopic (exact) mass is 319 g/mol. The van der Waals surface area contributed by atoms with Crippen molar-refractivity contribution >= 4 is 22.4 Å². The Morgan fingerprint density at radius 1 is 1.27 bits per heavy atom. The highest BCUT2D eigenvalue weighted by Gasteiger charge is 2.06. The molecule has 22 heavy (non-hydrogen) atoms. The normalized spacial score (nSPS) is 10.5. The summed E-state index contributed by atoms with van der Waals surface area (Å²) in [6.07, 6.45) is 3.31. The molecule has 0 saturated heterocycles. The zero-order chi connectivity index (χ0) is 15.8.